The lowest BCUT2D eigenvalue weighted by atomic mass is 10.5. The lowest BCUT2D eigenvalue weighted by Crippen LogP contribution is -2.18. The summed E-state index contributed by atoms with van der Waals surface area (Å²) >= 11 is 1.01. The van der Waals surface area contributed by atoms with Crippen LogP contribution in [0.2, 0.25) is 0 Å². The molecule has 0 atom stereocenters. The number of carbonyl (C=O) groups is 4. The minimum atomic E-state index is -1.26. The van der Waals surface area contributed by atoms with Gasteiger partial charge < -0.3 is 10.2 Å². The molecule has 0 aromatic heterocycles. The van der Waals surface area contributed by atoms with Crippen LogP contribution in [0.5, 0.6) is 0 Å². The summed E-state index contributed by atoms with van der Waals surface area (Å²) in [4.78, 5) is 39.3. The summed E-state index contributed by atoms with van der Waals surface area (Å²) in [6.45, 7) is 0. The number of hydrogen-bond donors (Lipinski definition) is 3. The lowest BCUT2D eigenvalue weighted by Gasteiger charge is -1.77. The predicted octanol–water partition coefficient (Wildman–Crippen LogP) is -0.319. The minimum absolute atomic E-state index is 0.185. The molecular formula is C7H7NO6S. The van der Waals surface area contributed by atoms with Gasteiger partial charge in [0.25, 0.3) is 5.24 Å². The predicted molar refractivity (Wildman–Crippen MR) is 50.4 cm³/mol. The molecule has 0 saturated carbocycles. The number of amides is 2. The van der Waals surface area contributed by atoms with Crippen LogP contribution < -0.4 is 5.32 Å². The van der Waals surface area contributed by atoms with E-state index in [0.717, 1.165) is 11.8 Å². The second kappa shape index (κ2) is 6.60. The van der Waals surface area contributed by atoms with E-state index in [1.807, 2.05) is 0 Å². The van der Waals surface area contributed by atoms with E-state index < -0.39 is 11.9 Å². The zero-order chi connectivity index (χ0) is 11.8. The van der Waals surface area contributed by atoms with Gasteiger partial charge in [0.05, 0.1) is 5.75 Å². The Hall–Kier alpha value is -1.83. The highest BCUT2D eigenvalue weighted by Crippen LogP contribution is 2.06. The fourth-order valence-corrected chi connectivity index (χ4v) is 0.980. The first-order valence-corrected chi connectivity index (χ1v) is 4.51. The van der Waals surface area contributed by atoms with Crippen LogP contribution in [-0.2, 0) is 14.4 Å². The summed E-state index contributed by atoms with van der Waals surface area (Å²) < 4.78 is 0. The van der Waals surface area contributed by atoms with E-state index >= 15 is 0 Å². The Kier molecular flexibility index (Phi) is 5.79. The quantitative estimate of drug-likeness (QED) is 0.559. The van der Waals surface area contributed by atoms with Gasteiger partial charge in [-0.1, -0.05) is 11.8 Å². The van der Waals surface area contributed by atoms with Crippen LogP contribution >= 0.6 is 11.8 Å². The molecule has 0 unspecified atom stereocenters. The van der Waals surface area contributed by atoms with Crippen LogP contribution in [0.3, 0.4) is 0 Å². The van der Waals surface area contributed by atoms with E-state index in [4.69, 9.17) is 10.2 Å². The van der Waals surface area contributed by atoms with Crippen LogP contribution in [0, 0.1) is 0 Å². The molecule has 3 N–H and O–H groups in total. The van der Waals surface area contributed by atoms with Crippen molar-refractivity contribution >= 4 is 34.8 Å². The van der Waals surface area contributed by atoms with Crippen molar-refractivity contribution in [1.29, 1.82) is 0 Å². The standard InChI is InChI=1S/C4H4O4.C3H3NO2S/c5-3(6)1-2-4(7)8;5-2-1-7-3(6)4-2/h1-2H,(H,5,6)(H,7,8);1H2,(H,4,5,6)/b2-1+;. The minimum Gasteiger partial charge on any atom is -0.478 e. The monoisotopic (exact) mass is 233 g/mol. The average molecular weight is 233 g/mol. The number of carboxylic acids is 2. The van der Waals surface area contributed by atoms with Crippen LogP contribution in [0.4, 0.5) is 4.79 Å². The Morgan fingerprint density at radius 2 is 1.67 bits per heavy atom. The molecule has 8 heteroatoms. The van der Waals surface area contributed by atoms with E-state index in [-0.39, 0.29) is 11.1 Å². The van der Waals surface area contributed by atoms with Crippen molar-refractivity contribution in [3.05, 3.63) is 12.2 Å². The normalized spacial score (nSPS) is 14.4. The third-order valence-electron chi connectivity index (χ3n) is 0.944. The Morgan fingerprint density at radius 1 is 1.20 bits per heavy atom. The third-order valence-corrected chi connectivity index (χ3v) is 1.72. The Labute approximate surface area is 88.1 Å². The topological polar surface area (TPSA) is 121 Å². The molecule has 1 rings (SSSR count). The molecule has 15 heavy (non-hydrogen) atoms. The molecule has 7 nitrogen and oxygen atoms in total. The van der Waals surface area contributed by atoms with Crippen molar-refractivity contribution in [3.8, 4) is 0 Å². The van der Waals surface area contributed by atoms with Gasteiger partial charge >= 0.3 is 11.9 Å². The van der Waals surface area contributed by atoms with Gasteiger partial charge in [0.1, 0.15) is 0 Å². The fourth-order valence-electron chi connectivity index (χ4n) is 0.460. The van der Waals surface area contributed by atoms with Gasteiger partial charge in [-0.3, -0.25) is 14.9 Å². The lowest BCUT2D eigenvalue weighted by molar-refractivity contribution is -0.134. The van der Waals surface area contributed by atoms with E-state index in [9.17, 15) is 19.2 Å². The number of rotatable bonds is 2. The Bertz CT molecular complexity index is 293. The number of carbonyl (C=O) groups excluding carboxylic acids is 2. The Morgan fingerprint density at radius 3 is 1.80 bits per heavy atom. The second-order valence-electron chi connectivity index (χ2n) is 2.13. The summed E-state index contributed by atoms with van der Waals surface area (Å²) in [5, 5.41) is 17.5. The molecular weight excluding hydrogens is 226 g/mol. The first kappa shape index (κ1) is 13.2. The van der Waals surface area contributed by atoms with Crippen molar-refractivity contribution in [2.24, 2.45) is 0 Å². The van der Waals surface area contributed by atoms with Crippen molar-refractivity contribution in [2.75, 3.05) is 5.75 Å². The summed E-state index contributed by atoms with van der Waals surface area (Å²) in [7, 11) is 0. The molecule has 82 valence electrons. The molecule has 0 aliphatic carbocycles. The first-order valence-electron chi connectivity index (χ1n) is 3.52. The number of hydrogen-bond acceptors (Lipinski definition) is 5. The van der Waals surface area contributed by atoms with E-state index in [0.29, 0.717) is 17.9 Å². The van der Waals surface area contributed by atoms with Gasteiger partial charge in [0, 0.05) is 12.2 Å². The van der Waals surface area contributed by atoms with Gasteiger partial charge in [-0.15, -0.1) is 0 Å². The van der Waals surface area contributed by atoms with Gasteiger partial charge in [-0.25, -0.2) is 9.59 Å². The van der Waals surface area contributed by atoms with Crippen molar-refractivity contribution < 1.29 is 29.4 Å². The largest absolute Gasteiger partial charge is 0.478 e. The highest BCUT2D eigenvalue weighted by Gasteiger charge is 2.16. The van der Waals surface area contributed by atoms with Gasteiger partial charge in [-0.05, 0) is 0 Å². The SMILES string of the molecule is O=C(O)/C=C/C(=O)O.O=C1CSC(=O)N1. The van der Waals surface area contributed by atoms with Crippen LogP contribution in [0.15, 0.2) is 12.2 Å². The van der Waals surface area contributed by atoms with Gasteiger partial charge in [-0.2, -0.15) is 0 Å². The molecule has 2 amide bonds. The maximum atomic E-state index is 10.1. The zero-order valence-electron chi connectivity index (χ0n) is 7.30. The van der Waals surface area contributed by atoms with Gasteiger partial charge in [0.15, 0.2) is 0 Å². The van der Waals surface area contributed by atoms with E-state index in [2.05, 4.69) is 5.32 Å². The molecule has 1 aliphatic rings. The number of nitrogens with one attached hydrogen (secondary N) is 1. The van der Waals surface area contributed by atoms with E-state index in [1.165, 1.54) is 0 Å². The third kappa shape index (κ3) is 8.50. The highest BCUT2D eigenvalue weighted by atomic mass is 32.2. The summed E-state index contributed by atoms with van der Waals surface area (Å²) in [6.07, 6.45) is 1.12. The van der Waals surface area contributed by atoms with Crippen LogP contribution in [0.25, 0.3) is 0 Å². The molecule has 0 radical (unpaired) electrons. The maximum Gasteiger partial charge on any atom is 0.328 e. The summed E-state index contributed by atoms with van der Waals surface area (Å²) in [6, 6.07) is 0. The number of aliphatic carboxylic acids is 2. The molecule has 0 bridgehead atoms. The summed E-state index contributed by atoms with van der Waals surface area (Å²) in [5.74, 6) is -2.41. The molecule has 1 saturated heterocycles. The molecule has 1 fully saturated rings. The van der Waals surface area contributed by atoms with Crippen LogP contribution in [0.1, 0.15) is 0 Å². The van der Waals surface area contributed by atoms with Crippen molar-refractivity contribution in [1.82, 2.24) is 5.32 Å². The summed E-state index contributed by atoms with van der Waals surface area (Å²) in [5.41, 5.74) is 0. The average Bonchev–Trinajstić information content (AvgIpc) is 2.47. The van der Waals surface area contributed by atoms with Crippen molar-refractivity contribution in [2.45, 2.75) is 0 Å². The second-order valence-corrected chi connectivity index (χ2v) is 3.08. The molecule has 1 aliphatic heterocycles. The molecule has 0 aromatic rings. The smallest absolute Gasteiger partial charge is 0.328 e. The maximum absolute atomic E-state index is 10.1. The van der Waals surface area contributed by atoms with Crippen molar-refractivity contribution in [3.63, 3.8) is 0 Å². The van der Waals surface area contributed by atoms with Gasteiger partial charge in [0.2, 0.25) is 5.91 Å². The molecule has 0 aromatic carbocycles. The molecule has 1 heterocycles. The Balaban J connectivity index is 0.000000262. The number of carboxylic acid groups (broad SMARTS) is 2. The van der Waals surface area contributed by atoms with Crippen LogP contribution in [-0.4, -0.2) is 39.1 Å². The number of imide groups is 1. The van der Waals surface area contributed by atoms with E-state index in [1.54, 1.807) is 0 Å². The zero-order valence-corrected chi connectivity index (χ0v) is 8.11. The highest BCUT2D eigenvalue weighted by molar-refractivity contribution is 8.14. The first-order chi connectivity index (χ1) is 6.91. The fraction of sp³-hybridized carbons (Fsp3) is 0.143. The number of thioether (sulfide) groups is 1. The molecule has 0 spiro atoms.